The van der Waals surface area contributed by atoms with Gasteiger partial charge in [-0.3, -0.25) is 0 Å². The van der Waals surface area contributed by atoms with Crippen LogP contribution in [0.15, 0.2) is 79.0 Å². The summed E-state index contributed by atoms with van der Waals surface area (Å²) in [6, 6.07) is 29.8. The molecule has 0 N–H and O–H groups in total. The summed E-state index contributed by atoms with van der Waals surface area (Å²) >= 11 is -2.51. The van der Waals surface area contributed by atoms with Gasteiger partial charge in [0.2, 0.25) is 0 Å². The van der Waals surface area contributed by atoms with Crippen molar-refractivity contribution in [3.8, 4) is 33.8 Å². The van der Waals surface area contributed by atoms with Gasteiger partial charge in [0.05, 0.1) is 0 Å². The molecule has 0 bridgehead atoms. The Morgan fingerprint density at radius 3 is 2.03 bits per heavy atom. The molecular formula is C34H41GeN2Si. The van der Waals surface area contributed by atoms with Crippen molar-refractivity contribution in [1.82, 2.24) is 9.97 Å². The fourth-order valence-electron chi connectivity index (χ4n) is 6.73. The predicted molar refractivity (Wildman–Crippen MR) is 169 cm³/mol. The quantitative estimate of drug-likeness (QED) is 0.171. The Kier molecular flexibility index (Phi) is 8.64. The van der Waals surface area contributed by atoms with Crippen LogP contribution in [0.3, 0.4) is 0 Å². The minimum absolute atomic E-state index is 0.606. The standard InChI is InChI=1S/C34H41GeN2Si/c1-5-20-35(21-6-2)28-15-12-17-32(38(23-7-3)24-8-4)33(28)34-29(35)18-19-31(37-34)27-14-11-13-26(25-27)30-16-9-10-22-36-30/h9-19,22,25H,5-8,20-21,23-24H2,1-4H3. The second-order valence-electron chi connectivity index (χ2n) is 10.8. The topological polar surface area (TPSA) is 25.8 Å². The molecule has 0 saturated heterocycles. The number of aromatic nitrogens is 2. The number of nitrogens with zero attached hydrogens (tertiary/aromatic N) is 2. The second-order valence-corrected chi connectivity index (χ2v) is 22.4. The number of hydrogen-bond donors (Lipinski definition) is 0. The average Bonchev–Trinajstić information content (AvgIpc) is 3.23. The van der Waals surface area contributed by atoms with Gasteiger partial charge in [0.15, 0.2) is 0 Å². The van der Waals surface area contributed by atoms with E-state index in [2.05, 4.69) is 99.4 Å². The van der Waals surface area contributed by atoms with E-state index in [1.54, 1.807) is 19.5 Å². The van der Waals surface area contributed by atoms with Gasteiger partial charge in [0, 0.05) is 0 Å². The number of hydrogen-bond acceptors (Lipinski definition) is 2. The molecule has 0 atom stereocenters. The summed E-state index contributed by atoms with van der Waals surface area (Å²) in [6.45, 7) is 9.49. The molecule has 4 aromatic rings. The van der Waals surface area contributed by atoms with Gasteiger partial charge in [0.1, 0.15) is 0 Å². The first-order valence-electron chi connectivity index (χ1n) is 14.7. The van der Waals surface area contributed by atoms with Gasteiger partial charge < -0.3 is 0 Å². The first-order chi connectivity index (χ1) is 18.7. The molecule has 5 rings (SSSR count). The van der Waals surface area contributed by atoms with E-state index in [0.717, 1.165) is 17.0 Å². The molecule has 3 heterocycles. The first-order valence-corrected chi connectivity index (χ1v) is 21.7. The van der Waals surface area contributed by atoms with Crippen molar-refractivity contribution in [3.63, 3.8) is 0 Å². The maximum atomic E-state index is 5.57. The van der Waals surface area contributed by atoms with Crippen LogP contribution in [-0.2, 0) is 0 Å². The molecule has 0 fully saturated rings. The fourth-order valence-corrected chi connectivity index (χ4v) is 21.5. The third-order valence-corrected chi connectivity index (χ3v) is 23.3. The molecule has 0 aliphatic carbocycles. The van der Waals surface area contributed by atoms with Crippen molar-refractivity contribution in [2.45, 2.75) is 76.0 Å². The Morgan fingerprint density at radius 1 is 0.658 bits per heavy atom. The van der Waals surface area contributed by atoms with E-state index >= 15 is 0 Å². The molecular weight excluding hydrogens is 537 g/mol. The van der Waals surface area contributed by atoms with Gasteiger partial charge in [-0.2, -0.15) is 0 Å². The summed E-state index contributed by atoms with van der Waals surface area (Å²) in [4.78, 5) is 10.2. The van der Waals surface area contributed by atoms with Crippen LogP contribution in [0.25, 0.3) is 33.8 Å². The minimum atomic E-state index is -2.51. The Morgan fingerprint density at radius 2 is 1.37 bits per heavy atom. The van der Waals surface area contributed by atoms with Crippen LogP contribution in [0.2, 0.25) is 22.6 Å². The molecule has 2 aromatic heterocycles. The number of pyridine rings is 2. The van der Waals surface area contributed by atoms with Gasteiger partial charge in [0.25, 0.3) is 0 Å². The van der Waals surface area contributed by atoms with Crippen molar-refractivity contribution in [2.24, 2.45) is 0 Å². The van der Waals surface area contributed by atoms with Gasteiger partial charge in [-0.25, -0.2) is 0 Å². The van der Waals surface area contributed by atoms with Gasteiger partial charge in [-0.1, -0.05) is 0 Å². The Hall–Kier alpha value is -2.50. The van der Waals surface area contributed by atoms with Crippen LogP contribution in [-0.4, -0.2) is 32.0 Å². The van der Waals surface area contributed by atoms with Crippen LogP contribution >= 0.6 is 0 Å². The van der Waals surface area contributed by atoms with Crippen molar-refractivity contribution in [2.75, 3.05) is 0 Å². The Bertz CT molecular complexity index is 1370. The molecule has 1 aliphatic rings. The third kappa shape index (κ3) is 4.96. The summed E-state index contributed by atoms with van der Waals surface area (Å²) in [5, 5.41) is 4.41. The molecule has 2 aromatic carbocycles. The molecule has 4 heteroatoms. The second kappa shape index (κ2) is 12.1. The first kappa shape index (κ1) is 27.1. The molecule has 1 radical (unpaired) electrons. The van der Waals surface area contributed by atoms with Crippen LogP contribution < -0.4 is 14.0 Å². The zero-order valence-corrected chi connectivity index (χ0v) is 26.7. The zero-order valence-electron chi connectivity index (χ0n) is 23.6. The van der Waals surface area contributed by atoms with Crippen molar-refractivity contribution in [1.29, 1.82) is 0 Å². The molecule has 0 saturated carbocycles. The van der Waals surface area contributed by atoms with Crippen LogP contribution in [0.1, 0.15) is 53.4 Å². The van der Waals surface area contributed by atoms with E-state index < -0.39 is 22.1 Å². The van der Waals surface area contributed by atoms with E-state index in [1.807, 2.05) is 12.3 Å². The number of fused-ring (bicyclic) bond motifs is 3. The summed E-state index contributed by atoms with van der Waals surface area (Å²) in [7, 11) is -0.606. The van der Waals surface area contributed by atoms with E-state index in [9.17, 15) is 0 Å². The summed E-state index contributed by atoms with van der Waals surface area (Å²) in [5.74, 6) is 0. The number of rotatable bonds is 11. The monoisotopic (exact) mass is 579 g/mol. The predicted octanol–water partition coefficient (Wildman–Crippen LogP) is 7.70. The summed E-state index contributed by atoms with van der Waals surface area (Å²) < 4.78 is 3.39. The fraction of sp³-hybridized carbons (Fsp3) is 0.353. The molecule has 195 valence electrons. The maximum absolute atomic E-state index is 5.57. The molecule has 1 aliphatic heterocycles. The van der Waals surface area contributed by atoms with Gasteiger partial charge in [-0.15, -0.1) is 0 Å². The van der Waals surface area contributed by atoms with E-state index in [1.165, 1.54) is 59.5 Å². The summed E-state index contributed by atoms with van der Waals surface area (Å²) in [6.07, 6.45) is 6.94. The number of benzene rings is 2. The van der Waals surface area contributed by atoms with E-state index in [4.69, 9.17) is 4.98 Å². The zero-order chi connectivity index (χ0) is 26.5. The molecule has 0 amide bonds. The van der Waals surface area contributed by atoms with Crippen LogP contribution in [0, 0.1) is 0 Å². The van der Waals surface area contributed by atoms with Gasteiger partial charge >= 0.3 is 235 Å². The molecule has 38 heavy (non-hydrogen) atoms. The molecule has 0 unspecified atom stereocenters. The van der Waals surface area contributed by atoms with Crippen molar-refractivity contribution < 1.29 is 0 Å². The SMILES string of the molecule is CCC[Si](CCC)c1ccc[c]2c1-c1nc(-c3cccc(-c4ccccn4)c3)cc[c]1[Ge]2([CH2]CC)[CH2]CC. The van der Waals surface area contributed by atoms with Crippen molar-refractivity contribution >= 4 is 36.0 Å². The van der Waals surface area contributed by atoms with E-state index in [0.29, 0.717) is 0 Å². The Balaban J connectivity index is 1.71. The third-order valence-electron chi connectivity index (χ3n) is 8.18. The normalized spacial score (nSPS) is 13.5. The summed E-state index contributed by atoms with van der Waals surface area (Å²) in [5.41, 5.74) is 7.34. The van der Waals surface area contributed by atoms with E-state index in [-0.39, 0.29) is 0 Å². The van der Waals surface area contributed by atoms with Gasteiger partial charge in [-0.05, 0) is 0 Å². The Labute approximate surface area is 233 Å². The molecule has 0 spiro atoms. The molecule has 2 nitrogen and oxygen atoms in total. The van der Waals surface area contributed by atoms with Crippen LogP contribution in [0.4, 0.5) is 0 Å². The van der Waals surface area contributed by atoms with Crippen LogP contribution in [0.5, 0.6) is 0 Å². The average molecular weight is 578 g/mol. The van der Waals surface area contributed by atoms with Crippen molar-refractivity contribution in [3.05, 3.63) is 79.0 Å².